The molecule has 11 atom stereocenters. The van der Waals surface area contributed by atoms with Crippen LogP contribution in [-0.2, 0) is 38.0 Å². The fraction of sp³-hybridized carbons (Fsp3) is 0.895. The van der Waals surface area contributed by atoms with Crippen molar-refractivity contribution in [3.8, 4) is 0 Å². The first-order valence-electron chi connectivity index (χ1n) is 28.9. The zero-order valence-corrected chi connectivity index (χ0v) is 44.9. The minimum absolute atomic E-state index is 0.141. The smallest absolute Gasteiger partial charge is 0.306 e. The van der Waals surface area contributed by atoms with E-state index in [-0.39, 0.29) is 19.4 Å². The Morgan fingerprint density at radius 2 is 0.806 bits per heavy atom. The number of allylic oxidation sites excluding steroid dienone is 4. The lowest BCUT2D eigenvalue weighted by molar-refractivity contribution is -0.332. The molecule has 2 rings (SSSR count). The van der Waals surface area contributed by atoms with E-state index in [0.29, 0.717) is 12.8 Å². The minimum atomic E-state index is -1.77. The van der Waals surface area contributed by atoms with Gasteiger partial charge in [0.05, 0.1) is 19.8 Å². The van der Waals surface area contributed by atoms with Gasteiger partial charge in [0.2, 0.25) is 0 Å². The van der Waals surface area contributed by atoms with Gasteiger partial charge < -0.3 is 64.2 Å². The third kappa shape index (κ3) is 31.1. The summed E-state index contributed by atoms with van der Waals surface area (Å²) in [4.78, 5) is 25.8. The van der Waals surface area contributed by atoms with Crippen LogP contribution in [0.1, 0.15) is 232 Å². The van der Waals surface area contributed by atoms with Crippen molar-refractivity contribution < 1.29 is 73.8 Å². The highest BCUT2D eigenvalue weighted by atomic mass is 16.7. The molecule has 0 radical (unpaired) electrons. The lowest BCUT2D eigenvalue weighted by Gasteiger charge is -2.42. The fourth-order valence-corrected chi connectivity index (χ4v) is 9.16. The van der Waals surface area contributed by atoms with Crippen molar-refractivity contribution in [2.75, 3.05) is 26.4 Å². The van der Waals surface area contributed by atoms with Crippen molar-refractivity contribution >= 4 is 11.9 Å². The predicted octanol–water partition coefficient (Wildman–Crippen LogP) is 9.50. The molecular formula is C57H104O15. The molecule has 422 valence electrons. The Hall–Kier alpha value is -2.02. The molecule has 7 N–H and O–H groups in total. The second kappa shape index (κ2) is 44.1. The molecule has 0 aromatic heterocycles. The number of ether oxygens (including phenoxy) is 6. The molecule has 15 heteroatoms. The van der Waals surface area contributed by atoms with Gasteiger partial charge in [-0.05, 0) is 57.8 Å². The summed E-state index contributed by atoms with van der Waals surface area (Å²) >= 11 is 0. The second-order valence-corrected chi connectivity index (χ2v) is 20.5. The number of hydrogen-bond acceptors (Lipinski definition) is 15. The van der Waals surface area contributed by atoms with Gasteiger partial charge in [-0.2, -0.15) is 0 Å². The van der Waals surface area contributed by atoms with E-state index in [4.69, 9.17) is 28.4 Å². The quantitative estimate of drug-likeness (QED) is 0.0171. The molecule has 4 unspecified atom stereocenters. The van der Waals surface area contributed by atoms with Crippen molar-refractivity contribution in [2.45, 2.75) is 300 Å². The number of aliphatic hydroxyl groups excluding tert-OH is 7. The van der Waals surface area contributed by atoms with Crippen molar-refractivity contribution in [1.29, 1.82) is 0 Å². The van der Waals surface area contributed by atoms with Crippen molar-refractivity contribution in [1.82, 2.24) is 0 Å². The van der Waals surface area contributed by atoms with E-state index in [2.05, 4.69) is 38.2 Å². The Morgan fingerprint density at radius 1 is 0.431 bits per heavy atom. The normalized spacial score (nSPS) is 25.1. The van der Waals surface area contributed by atoms with E-state index in [0.717, 1.165) is 44.9 Å². The zero-order valence-electron chi connectivity index (χ0n) is 44.9. The number of carbonyl (C=O) groups excluding carboxylic acids is 2. The van der Waals surface area contributed by atoms with Crippen LogP contribution < -0.4 is 0 Å². The molecule has 0 aliphatic carbocycles. The number of unbranched alkanes of at least 4 members (excludes halogenated alkanes) is 28. The first-order valence-corrected chi connectivity index (χ1v) is 28.9. The van der Waals surface area contributed by atoms with Gasteiger partial charge in [0.25, 0.3) is 0 Å². The van der Waals surface area contributed by atoms with E-state index < -0.39 is 99.3 Å². The van der Waals surface area contributed by atoms with Gasteiger partial charge in [0.1, 0.15) is 55.4 Å². The number of rotatable bonds is 46. The molecule has 0 spiro atoms. The summed E-state index contributed by atoms with van der Waals surface area (Å²) in [5.74, 6) is -0.972. The van der Waals surface area contributed by atoms with Crippen LogP contribution >= 0.6 is 0 Å². The van der Waals surface area contributed by atoms with E-state index >= 15 is 0 Å². The molecule has 2 saturated heterocycles. The summed E-state index contributed by atoms with van der Waals surface area (Å²) in [6.07, 6.45) is 30.8. The van der Waals surface area contributed by atoms with Crippen LogP contribution in [0, 0.1) is 0 Å². The van der Waals surface area contributed by atoms with Crippen LogP contribution in [0.3, 0.4) is 0 Å². The fourth-order valence-electron chi connectivity index (χ4n) is 9.16. The maximum absolute atomic E-state index is 13.0. The number of carbonyl (C=O) groups is 2. The maximum Gasteiger partial charge on any atom is 0.306 e. The van der Waals surface area contributed by atoms with Crippen LogP contribution in [0.25, 0.3) is 0 Å². The minimum Gasteiger partial charge on any atom is -0.462 e. The molecule has 15 nitrogen and oxygen atoms in total. The van der Waals surface area contributed by atoms with Gasteiger partial charge >= 0.3 is 11.9 Å². The molecular weight excluding hydrogens is 925 g/mol. The van der Waals surface area contributed by atoms with Gasteiger partial charge in [-0.25, -0.2) is 0 Å². The first kappa shape index (κ1) is 66.1. The largest absolute Gasteiger partial charge is 0.462 e. The standard InChI is InChI=1S/C57H104O15/c1-3-5-7-9-11-13-15-17-18-19-20-21-22-23-24-25-26-28-29-31-33-35-37-39-48(59)67-42-45(70-49(60)40-38-36-34-32-30-27-16-14-12-10-8-6-4-2)43-68-56-55(66)53(64)51(62)47(72-56)44-69-57-54(65)52(63)50(61)46(41-58)71-57/h27,30-31,33,45-47,50-58,61-66H,3-26,28-29,32,34-44H2,1-2H3/b30-27+,33-31+/t45-,46+,47+,50-,51-,52?,53?,54?,55?,56+,57+/m0/s1. The maximum atomic E-state index is 13.0. The van der Waals surface area contributed by atoms with Crippen molar-refractivity contribution in [2.24, 2.45) is 0 Å². The van der Waals surface area contributed by atoms with E-state index in [1.807, 2.05) is 0 Å². The molecule has 0 bridgehead atoms. The number of aliphatic hydroxyl groups is 7. The Morgan fingerprint density at radius 3 is 1.26 bits per heavy atom. The molecule has 72 heavy (non-hydrogen) atoms. The summed E-state index contributed by atoms with van der Waals surface area (Å²) in [6, 6.07) is 0. The van der Waals surface area contributed by atoms with Crippen LogP contribution in [0.2, 0.25) is 0 Å². The number of esters is 2. The van der Waals surface area contributed by atoms with Crippen molar-refractivity contribution in [3.63, 3.8) is 0 Å². The zero-order chi connectivity index (χ0) is 52.4. The highest BCUT2D eigenvalue weighted by Gasteiger charge is 2.47. The van der Waals surface area contributed by atoms with Crippen LogP contribution in [-0.4, -0.2) is 142 Å². The average molecular weight is 1030 g/mol. The third-order valence-electron chi connectivity index (χ3n) is 13.9. The molecule has 0 aromatic rings. The molecule has 0 amide bonds. The van der Waals surface area contributed by atoms with Crippen molar-refractivity contribution in [3.05, 3.63) is 24.3 Å². The molecule has 0 aromatic carbocycles. The van der Waals surface area contributed by atoms with E-state index in [1.54, 1.807) is 0 Å². The highest BCUT2D eigenvalue weighted by Crippen LogP contribution is 2.27. The summed E-state index contributed by atoms with van der Waals surface area (Å²) in [7, 11) is 0. The van der Waals surface area contributed by atoms with Crippen LogP contribution in [0.15, 0.2) is 24.3 Å². The van der Waals surface area contributed by atoms with Gasteiger partial charge in [0, 0.05) is 12.8 Å². The van der Waals surface area contributed by atoms with E-state index in [1.165, 1.54) is 148 Å². The molecule has 0 saturated carbocycles. The van der Waals surface area contributed by atoms with E-state index in [9.17, 15) is 45.3 Å². The molecule has 2 aliphatic rings. The second-order valence-electron chi connectivity index (χ2n) is 20.5. The topological polar surface area (TPSA) is 231 Å². The predicted molar refractivity (Wildman–Crippen MR) is 280 cm³/mol. The summed E-state index contributed by atoms with van der Waals surface area (Å²) in [5, 5.41) is 72.2. The van der Waals surface area contributed by atoms with Gasteiger partial charge in [-0.3, -0.25) is 9.59 Å². The lowest BCUT2D eigenvalue weighted by Crippen LogP contribution is -2.61. The average Bonchev–Trinajstić information content (AvgIpc) is 3.37. The van der Waals surface area contributed by atoms with Gasteiger partial charge in [-0.15, -0.1) is 0 Å². The molecule has 2 fully saturated rings. The number of hydrogen-bond donors (Lipinski definition) is 7. The van der Waals surface area contributed by atoms with Gasteiger partial charge in [0.15, 0.2) is 18.7 Å². The molecule has 2 heterocycles. The summed E-state index contributed by atoms with van der Waals surface area (Å²) in [5.41, 5.74) is 0. The lowest BCUT2D eigenvalue weighted by atomic mass is 9.98. The molecule has 2 aliphatic heterocycles. The summed E-state index contributed by atoms with van der Waals surface area (Å²) in [6.45, 7) is 2.57. The van der Waals surface area contributed by atoms with Gasteiger partial charge in [-0.1, -0.05) is 186 Å². The first-order chi connectivity index (χ1) is 35.0. The Kier molecular flexibility index (Phi) is 40.5. The third-order valence-corrected chi connectivity index (χ3v) is 13.9. The van der Waals surface area contributed by atoms with Crippen LogP contribution in [0.5, 0.6) is 0 Å². The summed E-state index contributed by atoms with van der Waals surface area (Å²) < 4.78 is 33.6. The monoisotopic (exact) mass is 1030 g/mol. The van der Waals surface area contributed by atoms with Crippen LogP contribution in [0.4, 0.5) is 0 Å². The SMILES string of the molecule is CCCCCCCC/C=C/CCCCCC(=O)O[C@@H](COC(=O)CCC/C=C/CCCCCCCCCCCCCCCCCCCC)CO[C@@H]1O[C@H](CO[C@@H]2O[C@H](CO)[C@H](O)C(O)C2O)[C@H](O)C(O)C1O. The Labute approximate surface area is 434 Å². The Balaban J connectivity index is 1.73. The highest BCUT2D eigenvalue weighted by molar-refractivity contribution is 5.70. The Bertz CT molecular complexity index is 1350.